The molecule has 1 aromatic carbocycles. The molecule has 17 heavy (non-hydrogen) atoms. The molecule has 2 rings (SSSR count). The van der Waals surface area contributed by atoms with Crippen LogP contribution < -0.4 is 4.74 Å². The van der Waals surface area contributed by atoms with Gasteiger partial charge in [-0.1, -0.05) is 12.1 Å². The quantitative estimate of drug-likeness (QED) is 0.572. The number of para-hydroxylation sites is 1. The van der Waals surface area contributed by atoms with Gasteiger partial charge in [-0.2, -0.15) is 0 Å². The van der Waals surface area contributed by atoms with Crippen molar-refractivity contribution in [1.82, 2.24) is 4.98 Å². The van der Waals surface area contributed by atoms with Crippen LogP contribution in [0.15, 0.2) is 30.3 Å². The molecule has 0 saturated carbocycles. The summed E-state index contributed by atoms with van der Waals surface area (Å²) in [6.45, 7) is 0. The highest BCUT2D eigenvalue weighted by atomic mass is 127. The lowest BCUT2D eigenvalue weighted by Crippen LogP contribution is -2.04. The third-order valence-corrected chi connectivity index (χ3v) is 5.06. The summed E-state index contributed by atoms with van der Waals surface area (Å²) in [5.41, 5.74) is 1.16. The Bertz CT molecular complexity index is 544. The second-order valence-corrected chi connectivity index (χ2v) is 5.62. The Morgan fingerprint density at radius 1 is 1.29 bits per heavy atom. The number of ketones is 1. The number of rotatable bonds is 3. The Labute approximate surface area is 126 Å². The highest BCUT2D eigenvalue weighted by molar-refractivity contribution is 14.1. The van der Waals surface area contributed by atoms with E-state index in [1.54, 1.807) is 19.2 Å². The van der Waals surface area contributed by atoms with Crippen LogP contribution in [0.1, 0.15) is 16.1 Å². The fourth-order valence-corrected chi connectivity index (χ4v) is 2.40. The van der Waals surface area contributed by atoms with Gasteiger partial charge in [0.2, 0.25) is 5.78 Å². The fraction of sp³-hybridized carbons (Fsp3) is 0.0833. The second-order valence-electron chi connectivity index (χ2n) is 3.37. The van der Waals surface area contributed by atoms with Crippen LogP contribution in [-0.2, 0) is 0 Å². The van der Waals surface area contributed by atoms with Crippen molar-refractivity contribution < 1.29 is 9.53 Å². The molecule has 0 saturated heterocycles. The molecule has 0 fully saturated rings. The molecule has 0 amide bonds. The van der Waals surface area contributed by atoms with Gasteiger partial charge in [-0.05, 0) is 63.4 Å². The van der Waals surface area contributed by atoms with E-state index in [1.165, 1.54) is 0 Å². The molecular weight excluding hydrogens is 444 g/mol. The number of carbonyl (C=O) groups excluding carboxylic acids is 1. The zero-order valence-electron chi connectivity index (χ0n) is 8.96. The van der Waals surface area contributed by atoms with Gasteiger partial charge in [0.25, 0.3) is 0 Å². The summed E-state index contributed by atoms with van der Waals surface area (Å²) in [7, 11) is 1.56. The van der Waals surface area contributed by atoms with E-state index in [4.69, 9.17) is 4.74 Å². The summed E-state index contributed by atoms with van der Waals surface area (Å²) in [4.78, 5) is 15.3. The predicted molar refractivity (Wildman–Crippen MR) is 82.7 cm³/mol. The molecule has 3 nitrogen and oxygen atoms in total. The lowest BCUT2D eigenvalue weighted by atomic mass is 10.1. The summed E-state index contributed by atoms with van der Waals surface area (Å²) in [6.07, 6.45) is 0. The number of benzene rings is 1. The summed E-state index contributed by atoms with van der Waals surface area (Å²) < 4.78 is 7.20. The smallest absolute Gasteiger partial charge is 0.212 e. The molecule has 0 aliphatic heterocycles. The molecule has 0 aliphatic carbocycles. The number of carbonyl (C=O) groups is 1. The number of nitrogens with one attached hydrogen (secondary N) is 1. The van der Waals surface area contributed by atoms with E-state index >= 15 is 0 Å². The molecule has 2 aromatic rings. The van der Waals surface area contributed by atoms with Gasteiger partial charge in [-0.15, -0.1) is 0 Å². The van der Waals surface area contributed by atoms with Crippen LogP contribution in [0.25, 0.3) is 0 Å². The molecule has 0 spiro atoms. The SMILES string of the molecule is COc1ccccc1C(=O)c1cc(I)c(I)[nH]1. The highest BCUT2D eigenvalue weighted by Crippen LogP contribution is 2.23. The van der Waals surface area contributed by atoms with Crippen molar-refractivity contribution >= 4 is 51.0 Å². The molecule has 0 unspecified atom stereocenters. The van der Waals surface area contributed by atoms with E-state index in [2.05, 4.69) is 50.2 Å². The molecular formula is C12H9I2NO2. The Balaban J connectivity index is 2.43. The first-order chi connectivity index (χ1) is 8.13. The number of hydrogen-bond donors (Lipinski definition) is 1. The van der Waals surface area contributed by atoms with Crippen LogP contribution in [-0.4, -0.2) is 17.9 Å². The number of methoxy groups -OCH3 is 1. The molecule has 0 radical (unpaired) electrons. The molecule has 0 aliphatic rings. The topological polar surface area (TPSA) is 42.1 Å². The van der Waals surface area contributed by atoms with E-state index in [0.717, 1.165) is 7.27 Å². The minimum atomic E-state index is -0.0525. The number of aromatic amines is 1. The van der Waals surface area contributed by atoms with E-state index in [1.807, 2.05) is 18.2 Å². The second kappa shape index (κ2) is 5.38. The average Bonchev–Trinajstić information content (AvgIpc) is 2.68. The number of halogens is 2. The van der Waals surface area contributed by atoms with Crippen molar-refractivity contribution in [2.75, 3.05) is 7.11 Å². The summed E-state index contributed by atoms with van der Waals surface area (Å²) in [6, 6.07) is 9.07. The Morgan fingerprint density at radius 2 is 2.00 bits per heavy atom. The van der Waals surface area contributed by atoms with Crippen LogP contribution in [0.4, 0.5) is 0 Å². The van der Waals surface area contributed by atoms with E-state index in [-0.39, 0.29) is 5.78 Å². The minimum absolute atomic E-state index is 0.0525. The van der Waals surface area contributed by atoms with Crippen LogP contribution in [0.3, 0.4) is 0 Å². The van der Waals surface area contributed by atoms with Gasteiger partial charge >= 0.3 is 0 Å². The summed E-state index contributed by atoms with van der Waals surface area (Å²) >= 11 is 4.36. The summed E-state index contributed by atoms with van der Waals surface area (Å²) in [5, 5.41) is 0. The third-order valence-electron chi connectivity index (χ3n) is 2.32. The van der Waals surface area contributed by atoms with Gasteiger partial charge in [0.15, 0.2) is 0 Å². The number of ether oxygens (including phenoxy) is 1. The first-order valence-electron chi connectivity index (χ1n) is 4.85. The van der Waals surface area contributed by atoms with E-state index in [9.17, 15) is 4.79 Å². The Morgan fingerprint density at radius 3 is 2.59 bits per heavy atom. The molecule has 1 heterocycles. The van der Waals surface area contributed by atoms with E-state index < -0.39 is 0 Å². The standard InChI is InChI=1S/C12H9I2NO2/c1-17-10-5-3-2-4-7(10)11(16)9-6-8(13)12(14)15-9/h2-6,15H,1H3. The first-order valence-corrected chi connectivity index (χ1v) is 7.01. The number of aromatic nitrogens is 1. The molecule has 0 bridgehead atoms. The van der Waals surface area contributed by atoms with Crippen molar-refractivity contribution in [3.05, 3.63) is 48.9 Å². The third kappa shape index (κ3) is 2.65. The normalized spacial score (nSPS) is 10.3. The highest BCUT2D eigenvalue weighted by Gasteiger charge is 2.16. The maximum absolute atomic E-state index is 12.3. The number of hydrogen-bond acceptors (Lipinski definition) is 2. The minimum Gasteiger partial charge on any atom is -0.496 e. The average molecular weight is 453 g/mol. The van der Waals surface area contributed by atoms with Crippen LogP contribution in [0, 0.1) is 7.27 Å². The van der Waals surface area contributed by atoms with Crippen LogP contribution in [0.2, 0.25) is 0 Å². The molecule has 1 aromatic heterocycles. The zero-order valence-corrected chi connectivity index (χ0v) is 13.3. The maximum atomic E-state index is 12.3. The van der Waals surface area contributed by atoms with Crippen LogP contribution >= 0.6 is 45.2 Å². The lowest BCUT2D eigenvalue weighted by molar-refractivity contribution is 0.103. The molecule has 88 valence electrons. The largest absolute Gasteiger partial charge is 0.496 e. The van der Waals surface area contributed by atoms with Crippen molar-refractivity contribution in [3.8, 4) is 5.75 Å². The first kappa shape index (κ1) is 12.9. The van der Waals surface area contributed by atoms with Crippen molar-refractivity contribution in [1.29, 1.82) is 0 Å². The van der Waals surface area contributed by atoms with Crippen molar-refractivity contribution in [2.45, 2.75) is 0 Å². The molecule has 5 heteroatoms. The maximum Gasteiger partial charge on any atom is 0.212 e. The fourth-order valence-electron chi connectivity index (χ4n) is 1.50. The van der Waals surface area contributed by atoms with E-state index in [0.29, 0.717) is 17.0 Å². The molecule has 1 N–H and O–H groups in total. The zero-order chi connectivity index (χ0) is 12.4. The lowest BCUT2D eigenvalue weighted by Gasteiger charge is -2.05. The van der Waals surface area contributed by atoms with Crippen molar-refractivity contribution in [2.24, 2.45) is 0 Å². The van der Waals surface area contributed by atoms with Gasteiger partial charge in [-0.3, -0.25) is 4.79 Å². The van der Waals surface area contributed by atoms with Gasteiger partial charge in [0.1, 0.15) is 5.75 Å². The predicted octanol–water partition coefficient (Wildman–Crippen LogP) is 3.46. The van der Waals surface area contributed by atoms with Gasteiger partial charge < -0.3 is 9.72 Å². The van der Waals surface area contributed by atoms with Gasteiger partial charge in [0, 0.05) is 3.57 Å². The summed E-state index contributed by atoms with van der Waals surface area (Å²) in [5.74, 6) is 0.542. The van der Waals surface area contributed by atoms with Gasteiger partial charge in [-0.25, -0.2) is 0 Å². The van der Waals surface area contributed by atoms with Crippen LogP contribution in [0.5, 0.6) is 5.75 Å². The number of H-pyrrole nitrogens is 1. The molecule has 0 atom stereocenters. The Hall–Kier alpha value is -0.570. The monoisotopic (exact) mass is 453 g/mol. The van der Waals surface area contributed by atoms with Gasteiger partial charge in [0.05, 0.1) is 22.1 Å². The Kier molecular flexibility index (Phi) is 4.08. The van der Waals surface area contributed by atoms with Crippen molar-refractivity contribution in [3.63, 3.8) is 0 Å².